The van der Waals surface area contributed by atoms with Gasteiger partial charge in [-0.15, -0.1) is 35.9 Å². The van der Waals surface area contributed by atoms with Gasteiger partial charge in [-0.25, -0.2) is 4.98 Å². The van der Waals surface area contributed by atoms with Crippen molar-refractivity contribution >= 4 is 27.3 Å². The van der Waals surface area contributed by atoms with E-state index < -0.39 is 0 Å². The summed E-state index contributed by atoms with van der Waals surface area (Å²) in [6.45, 7) is 2.85. The zero-order valence-electron chi connectivity index (χ0n) is 12.6. The Morgan fingerprint density at radius 2 is 2.04 bits per heavy atom. The second-order valence-corrected chi connectivity index (χ2v) is 5.45. The van der Waals surface area contributed by atoms with Crippen molar-refractivity contribution in [1.29, 1.82) is 0 Å². The molecule has 2 aromatic heterocycles. The van der Waals surface area contributed by atoms with Crippen LogP contribution < -0.4 is 0 Å². The monoisotopic (exact) mass is 504 g/mol. The fourth-order valence-electron chi connectivity index (χ4n) is 1.82. The van der Waals surface area contributed by atoms with Crippen LogP contribution in [0.15, 0.2) is 53.9 Å². The molecule has 0 aliphatic rings. The van der Waals surface area contributed by atoms with Crippen LogP contribution in [0.4, 0.5) is 0 Å². The van der Waals surface area contributed by atoms with E-state index in [9.17, 15) is 4.79 Å². The van der Waals surface area contributed by atoms with Crippen molar-refractivity contribution in [2.75, 3.05) is 0 Å². The van der Waals surface area contributed by atoms with E-state index >= 15 is 0 Å². The van der Waals surface area contributed by atoms with E-state index in [0.29, 0.717) is 0 Å². The summed E-state index contributed by atoms with van der Waals surface area (Å²) in [6.07, 6.45) is 2.77. The fourth-order valence-corrected chi connectivity index (χ4v) is 2.66. The van der Waals surface area contributed by atoms with Crippen LogP contribution in [0.3, 0.4) is 0 Å². The van der Waals surface area contributed by atoms with Crippen molar-refractivity contribution in [2.45, 2.75) is 13.8 Å². The first-order chi connectivity index (χ1) is 10.6. The average molecular weight is 504 g/mol. The summed E-state index contributed by atoms with van der Waals surface area (Å²) in [5.74, 6) is -0.0625. The standard InChI is InChI=1S/C12H7N2S.C5H8O2.Ir/c1-2-4-9(5-3-1)11-12-10(6-7-15-12)13-8-14-11;1-4(6)3-5(2)7;/h1-4,6-8H;3,6H,1-2H3;/q-1;;. The molecule has 0 amide bonds. The van der Waals surface area contributed by atoms with Crippen molar-refractivity contribution in [3.8, 4) is 11.3 Å². The number of nitrogens with zero attached hydrogens (tertiary/aromatic N) is 2. The Kier molecular flexibility index (Phi) is 7.75. The second kappa shape index (κ2) is 9.30. The molecule has 3 rings (SSSR count). The van der Waals surface area contributed by atoms with Gasteiger partial charge in [0.05, 0.1) is 11.3 Å². The predicted molar refractivity (Wildman–Crippen MR) is 88.8 cm³/mol. The summed E-state index contributed by atoms with van der Waals surface area (Å²) >= 11 is 1.66. The van der Waals surface area contributed by atoms with Crippen molar-refractivity contribution in [3.05, 3.63) is 59.9 Å². The van der Waals surface area contributed by atoms with Crippen LogP contribution in [-0.2, 0) is 24.9 Å². The third-order valence-corrected chi connectivity index (χ3v) is 3.53. The number of fused-ring (bicyclic) bond motifs is 1. The molecule has 0 unspecified atom stereocenters. The largest absolute Gasteiger partial charge is 0.512 e. The number of aromatic nitrogens is 2. The maximum absolute atomic E-state index is 10.0. The third kappa shape index (κ3) is 5.67. The Morgan fingerprint density at radius 1 is 1.26 bits per heavy atom. The van der Waals surface area contributed by atoms with E-state index in [2.05, 4.69) is 16.0 Å². The molecule has 6 heteroatoms. The van der Waals surface area contributed by atoms with Gasteiger partial charge in [-0.05, 0) is 25.3 Å². The van der Waals surface area contributed by atoms with E-state index in [-0.39, 0.29) is 31.6 Å². The number of carbonyl (C=O) groups is 1. The Labute approximate surface area is 152 Å². The molecule has 1 aromatic carbocycles. The first-order valence-electron chi connectivity index (χ1n) is 6.61. The summed E-state index contributed by atoms with van der Waals surface area (Å²) in [7, 11) is 0. The number of hydrogen-bond donors (Lipinski definition) is 1. The van der Waals surface area contributed by atoms with Gasteiger partial charge in [-0.2, -0.15) is 11.3 Å². The van der Waals surface area contributed by atoms with Gasteiger partial charge in [-0.1, -0.05) is 0 Å². The maximum Gasteiger partial charge on any atom is 0.155 e. The first-order valence-corrected chi connectivity index (χ1v) is 7.49. The molecule has 3 aromatic rings. The molecule has 0 spiro atoms. The molecule has 0 saturated carbocycles. The van der Waals surface area contributed by atoms with Crippen LogP contribution in [0.25, 0.3) is 21.5 Å². The van der Waals surface area contributed by atoms with Crippen molar-refractivity contribution in [2.24, 2.45) is 0 Å². The number of carbonyl (C=O) groups excluding carboxylic acids is 1. The van der Waals surface area contributed by atoms with Gasteiger partial charge in [0.15, 0.2) is 5.78 Å². The minimum absolute atomic E-state index is 0. The van der Waals surface area contributed by atoms with Crippen LogP contribution in [0.1, 0.15) is 13.8 Å². The molecule has 121 valence electrons. The smallest absolute Gasteiger partial charge is 0.155 e. The van der Waals surface area contributed by atoms with Crippen LogP contribution in [0.5, 0.6) is 0 Å². The molecule has 0 fully saturated rings. The molecule has 0 bridgehead atoms. The number of benzene rings is 1. The van der Waals surface area contributed by atoms with E-state index in [1.165, 1.54) is 19.9 Å². The number of allylic oxidation sites excluding steroid dienone is 2. The van der Waals surface area contributed by atoms with Gasteiger partial charge < -0.3 is 5.11 Å². The van der Waals surface area contributed by atoms with Crippen LogP contribution in [0.2, 0.25) is 0 Å². The van der Waals surface area contributed by atoms with Gasteiger partial charge in [0.1, 0.15) is 6.33 Å². The molecular formula is C17H15IrN2O2S-. The predicted octanol–water partition coefficient (Wildman–Crippen LogP) is 4.19. The van der Waals surface area contributed by atoms with Crippen molar-refractivity contribution in [3.63, 3.8) is 0 Å². The van der Waals surface area contributed by atoms with E-state index in [1.54, 1.807) is 17.7 Å². The third-order valence-electron chi connectivity index (χ3n) is 2.62. The molecule has 0 aliphatic heterocycles. The van der Waals surface area contributed by atoms with Gasteiger partial charge in [0, 0.05) is 36.6 Å². The maximum atomic E-state index is 10.0. The second-order valence-electron chi connectivity index (χ2n) is 4.53. The first kappa shape index (κ1) is 19.2. The van der Waals surface area contributed by atoms with E-state index in [4.69, 9.17) is 5.11 Å². The van der Waals surface area contributed by atoms with Crippen LogP contribution in [0, 0.1) is 6.07 Å². The Morgan fingerprint density at radius 3 is 2.61 bits per heavy atom. The number of aliphatic hydroxyl groups excluding tert-OH is 1. The Balaban J connectivity index is 0.000000287. The summed E-state index contributed by atoms with van der Waals surface area (Å²) < 4.78 is 1.12. The number of hydrogen-bond acceptors (Lipinski definition) is 5. The minimum atomic E-state index is -0.125. The molecule has 1 N–H and O–H groups in total. The fraction of sp³-hybridized carbons (Fsp3) is 0.118. The quantitative estimate of drug-likeness (QED) is 0.324. The molecule has 0 atom stereocenters. The SMILES string of the molecule is CC(=O)C=C(C)O.[Ir].[c-]1ccccc1-c1ncnc2ccsc12. The average Bonchev–Trinajstić information content (AvgIpc) is 2.95. The number of aliphatic hydroxyl groups is 1. The summed E-state index contributed by atoms with van der Waals surface area (Å²) in [5, 5.41) is 10.4. The Bertz CT molecular complexity index is 796. The van der Waals surface area contributed by atoms with Crippen LogP contribution in [-0.4, -0.2) is 20.9 Å². The van der Waals surface area contributed by atoms with Crippen LogP contribution >= 0.6 is 11.3 Å². The minimum Gasteiger partial charge on any atom is -0.512 e. The van der Waals surface area contributed by atoms with Gasteiger partial charge in [-0.3, -0.25) is 9.78 Å². The number of thiophene rings is 1. The molecule has 0 aliphatic carbocycles. The number of ketones is 1. The molecule has 1 radical (unpaired) electrons. The molecule has 0 saturated heterocycles. The molecular weight excluding hydrogens is 488 g/mol. The van der Waals surface area contributed by atoms with E-state index in [0.717, 1.165) is 21.5 Å². The normalized spacial score (nSPS) is 10.4. The zero-order valence-corrected chi connectivity index (χ0v) is 15.8. The molecule has 2 heterocycles. The topological polar surface area (TPSA) is 63.1 Å². The zero-order chi connectivity index (χ0) is 15.9. The molecule has 23 heavy (non-hydrogen) atoms. The van der Waals surface area contributed by atoms with Crippen molar-refractivity contribution in [1.82, 2.24) is 9.97 Å². The molecule has 4 nitrogen and oxygen atoms in total. The van der Waals surface area contributed by atoms with Gasteiger partial charge in [0.25, 0.3) is 0 Å². The summed E-state index contributed by atoms with van der Waals surface area (Å²) in [4.78, 5) is 18.5. The summed E-state index contributed by atoms with van der Waals surface area (Å²) in [6, 6.07) is 13.1. The van der Waals surface area contributed by atoms with E-state index in [1.807, 2.05) is 35.7 Å². The van der Waals surface area contributed by atoms with Crippen molar-refractivity contribution < 1.29 is 30.0 Å². The van der Waals surface area contributed by atoms with Gasteiger partial charge in [0.2, 0.25) is 0 Å². The number of rotatable bonds is 2. The Hall–Kier alpha value is -1.88. The summed E-state index contributed by atoms with van der Waals surface area (Å²) in [5.41, 5.74) is 2.99. The van der Waals surface area contributed by atoms with Gasteiger partial charge >= 0.3 is 0 Å².